The summed E-state index contributed by atoms with van der Waals surface area (Å²) in [6.07, 6.45) is 0. The summed E-state index contributed by atoms with van der Waals surface area (Å²) < 4.78 is 9.50. The number of nitrogens with one attached hydrogen (secondary N) is 1. The second-order valence-electron chi connectivity index (χ2n) is 3.69. The van der Waals surface area contributed by atoms with Crippen molar-refractivity contribution in [3.63, 3.8) is 0 Å². The molecule has 0 saturated heterocycles. The third kappa shape index (κ3) is 2.23. The van der Waals surface area contributed by atoms with E-state index >= 15 is 0 Å². The summed E-state index contributed by atoms with van der Waals surface area (Å²) >= 11 is 0. The van der Waals surface area contributed by atoms with Crippen LogP contribution in [0.5, 0.6) is 0 Å². The quantitative estimate of drug-likeness (QED) is 0.814. The Kier molecular flexibility index (Phi) is 3.38. The number of H-pyrrole nitrogens is 1. The number of benzene rings is 1. The zero-order valence-corrected chi connectivity index (χ0v) is 10.0. The number of carbonyl (C=O) groups excluding carboxylic acids is 1. The van der Waals surface area contributed by atoms with Crippen LogP contribution in [0, 0.1) is 0 Å². The first kappa shape index (κ1) is 12.3. The van der Waals surface area contributed by atoms with E-state index in [1.54, 1.807) is 25.3 Å². The maximum absolute atomic E-state index is 11.8. The van der Waals surface area contributed by atoms with Crippen LogP contribution in [0.4, 0.5) is 0 Å². The molecule has 0 radical (unpaired) electrons. The van der Waals surface area contributed by atoms with E-state index in [1.165, 1.54) is 7.11 Å². The van der Waals surface area contributed by atoms with Crippen molar-refractivity contribution in [3.8, 4) is 0 Å². The predicted octanol–water partition coefficient (Wildman–Crippen LogP) is 0.856. The smallest absolute Gasteiger partial charge is 0.374 e. The Morgan fingerprint density at radius 3 is 2.83 bits per heavy atom. The van der Waals surface area contributed by atoms with Crippen LogP contribution in [-0.4, -0.2) is 30.2 Å². The van der Waals surface area contributed by atoms with Gasteiger partial charge in [-0.1, -0.05) is 6.07 Å². The number of fused-ring (bicyclic) bond motifs is 1. The first-order valence-electron chi connectivity index (χ1n) is 5.26. The van der Waals surface area contributed by atoms with Gasteiger partial charge in [-0.3, -0.25) is 4.79 Å². The van der Waals surface area contributed by atoms with E-state index in [1.807, 2.05) is 0 Å². The van der Waals surface area contributed by atoms with Gasteiger partial charge in [0.15, 0.2) is 0 Å². The van der Waals surface area contributed by atoms with Crippen molar-refractivity contribution in [2.24, 2.45) is 0 Å². The number of carbonyl (C=O) groups is 1. The summed E-state index contributed by atoms with van der Waals surface area (Å²) in [7, 11) is 2.81. The van der Waals surface area contributed by atoms with Gasteiger partial charge in [0.25, 0.3) is 5.56 Å². The first-order chi connectivity index (χ1) is 8.65. The highest BCUT2D eigenvalue weighted by atomic mass is 16.5. The first-order valence-corrected chi connectivity index (χ1v) is 5.26. The monoisotopic (exact) mass is 248 g/mol. The average molecular weight is 248 g/mol. The van der Waals surface area contributed by atoms with Gasteiger partial charge in [-0.15, -0.1) is 0 Å². The van der Waals surface area contributed by atoms with Crippen molar-refractivity contribution >= 4 is 16.9 Å². The van der Waals surface area contributed by atoms with Crippen molar-refractivity contribution in [2.75, 3.05) is 14.2 Å². The minimum absolute atomic E-state index is 0.102. The molecule has 0 amide bonds. The third-order valence-electron chi connectivity index (χ3n) is 2.46. The van der Waals surface area contributed by atoms with Gasteiger partial charge in [-0.2, -0.15) is 0 Å². The molecule has 1 N–H and O–H groups in total. The molecule has 0 atom stereocenters. The molecule has 0 spiro atoms. The lowest BCUT2D eigenvalue weighted by atomic mass is 10.1. The van der Waals surface area contributed by atoms with E-state index in [4.69, 9.17) is 4.74 Å². The number of aromatic nitrogens is 2. The summed E-state index contributed by atoms with van der Waals surface area (Å²) in [6, 6.07) is 5.15. The fraction of sp³-hybridized carbons (Fsp3) is 0.250. The van der Waals surface area contributed by atoms with Gasteiger partial charge in [-0.25, -0.2) is 9.78 Å². The molecule has 0 aliphatic heterocycles. The number of aromatic amines is 1. The highest BCUT2D eigenvalue weighted by Gasteiger charge is 2.11. The van der Waals surface area contributed by atoms with Crippen molar-refractivity contribution < 1.29 is 14.3 Å². The Bertz CT molecular complexity index is 648. The largest absolute Gasteiger partial charge is 0.463 e. The maximum atomic E-state index is 11.8. The summed E-state index contributed by atoms with van der Waals surface area (Å²) in [4.78, 5) is 29.6. The van der Waals surface area contributed by atoms with E-state index in [2.05, 4.69) is 14.7 Å². The van der Waals surface area contributed by atoms with Crippen molar-refractivity contribution in [2.45, 2.75) is 6.61 Å². The number of nitrogens with zero attached hydrogens (tertiary/aromatic N) is 1. The molecule has 18 heavy (non-hydrogen) atoms. The lowest BCUT2D eigenvalue weighted by molar-refractivity contribution is 0.0587. The van der Waals surface area contributed by atoms with Gasteiger partial charge in [0, 0.05) is 7.11 Å². The van der Waals surface area contributed by atoms with Crippen LogP contribution in [-0.2, 0) is 16.1 Å². The lowest BCUT2D eigenvalue weighted by Gasteiger charge is -2.03. The van der Waals surface area contributed by atoms with Crippen LogP contribution in [0.1, 0.15) is 16.2 Å². The van der Waals surface area contributed by atoms with Gasteiger partial charge in [0.05, 0.1) is 24.6 Å². The predicted molar refractivity (Wildman–Crippen MR) is 64.4 cm³/mol. The molecule has 1 aromatic carbocycles. The zero-order valence-electron chi connectivity index (χ0n) is 10.0. The molecule has 2 rings (SSSR count). The molecule has 0 aliphatic carbocycles. The highest BCUT2D eigenvalue weighted by molar-refractivity contribution is 5.88. The molecule has 0 saturated carbocycles. The summed E-state index contributed by atoms with van der Waals surface area (Å²) in [5.41, 5.74) is 0.931. The molecule has 6 heteroatoms. The van der Waals surface area contributed by atoms with Crippen LogP contribution in [0.25, 0.3) is 10.9 Å². The minimum Gasteiger partial charge on any atom is -0.463 e. The Labute approximate surface area is 103 Å². The molecule has 0 fully saturated rings. The molecule has 94 valence electrons. The van der Waals surface area contributed by atoms with E-state index in [0.29, 0.717) is 17.5 Å². The van der Waals surface area contributed by atoms with Gasteiger partial charge in [0.1, 0.15) is 0 Å². The van der Waals surface area contributed by atoms with Gasteiger partial charge >= 0.3 is 5.97 Å². The van der Waals surface area contributed by atoms with E-state index in [0.717, 1.165) is 5.56 Å². The molecule has 1 aromatic heterocycles. The summed E-state index contributed by atoms with van der Waals surface area (Å²) in [5.74, 6) is -0.774. The minimum atomic E-state index is -0.671. The molecule has 2 aromatic rings. The van der Waals surface area contributed by atoms with E-state index in [-0.39, 0.29) is 11.4 Å². The Morgan fingerprint density at radius 1 is 1.39 bits per heavy atom. The average Bonchev–Trinajstić information content (AvgIpc) is 2.38. The van der Waals surface area contributed by atoms with Crippen LogP contribution in [0.3, 0.4) is 0 Å². The van der Waals surface area contributed by atoms with Crippen LogP contribution < -0.4 is 5.56 Å². The second kappa shape index (κ2) is 4.97. The number of ether oxygens (including phenoxy) is 2. The Balaban J connectivity index is 2.58. The third-order valence-corrected chi connectivity index (χ3v) is 2.46. The summed E-state index contributed by atoms with van der Waals surface area (Å²) in [6.45, 7) is 0.411. The number of rotatable bonds is 3. The van der Waals surface area contributed by atoms with E-state index in [9.17, 15) is 9.59 Å². The van der Waals surface area contributed by atoms with Crippen molar-refractivity contribution in [3.05, 3.63) is 39.9 Å². The van der Waals surface area contributed by atoms with Gasteiger partial charge in [0.2, 0.25) is 5.82 Å². The van der Waals surface area contributed by atoms with Gasteiger partial charge < -0.3 is 14.5 Å². The summed E-state index contributed by atoms with van der Waals surface area (Å²) in [5, 5.41) is 0.414. The Hall–Kier alpha value is -2.21. The number of hydrogen-bond acceptors (Lipinski definition) is 5. The zero-order chi connectivity index (χ0) is 13.1. The normalized spacial score (nSPS) is 10.6. The second-order valence-corrected chi connectivity index (χ2v) is 3.69. The lowest BCUT2D eigenvalue weighted by Crippen LogP contribution is -2.17. The van der Waals surface area contributed by atoms with Crippen LogP contribution >= 0.6 is 0 Å². The van der Waals surface area contributed by atoms with Crippen molar-refractivity contribution in [1.82, 2.24) is 9.97 Å². The number of hydrogen-bond donors (Lipinski definition) is 1. The number of methoxy groups -OCH3 is 2. The fourth-order valence-electron chi connectivity index (χ4n) is 1.64. The van der Waals surface area contributed by atoms with Crippen LogP contribution in [0.2, 0.25) is 0 Å². The maximum Gasteiger partial charge on any atom is 0.374 e. The standard InChI is InChI=1S/C12H12N2O4/c1-17-6-7-3-4-9-8(5-7)11(15)14-10(13-9)12(16)18-2/h3-5H,6H2,1-2H3,(H,13,14,15). The molecule has 0 bridgehead atoms. The molecule has 0 aliphatic rings. The van der Waals surface area contributed by atoms with Crippen LogP contribution in [0.15, 0.2) is 23.0 Å². The number of esters is 1. The molecular formula is C12H12N2O4. The molecule has 6 nitrogen and oxygen atoms in total. The SMILES string of the molecule is COCc1ccc2nc(C(=O)OC)[nH]c(=O)c2c1. The van der Waals surface area contributed by atoms with Gasteiger partial charge in [-0.05, 0) is 17.7 Å². The van der Waals surface area contributed by atoms with E-state index < -0.39 is 5.97 Å². The molecule has 1 heterocycles. The highest BCUT2D eigenvalue weighted by Crippen LogP contribution is 2.11. The molecule has 0 unspecified atom stereocenters. The topological polar surface area (TPSA) is 81.3 Å². The fourth-order valence-corrected chi connectivity index (χ4v) is 1.64. The Morgan fingerprint density at radius 2 is 2.17 bits per heavy atom. The van der Waals surface area contributed by atoms with Crippen molar-refractivity contribution in [1.29, 1.82) is 0 Å². The molecular weight excluding hydrogens is 236 g/mol.